The molecule has 1 N–H and O–H groups in total. The maximum absolute atomic E-state index is 11.5. The molecule has 0 saturated carbocycles. The average molecular weight is 173 g/mol. The lowest BCUT2D eigenvalue weighted by Crippen LogP contribution is -2.26. The van der Waals surface area contributed by atoms with Gasteiger partial charge in [-0.25, -0.2) is 0 Å². The summed E-state index contributed by atoms with van der Waals surface area (Å²) in [6.07, 6.45) is 2.01. The molecule has 2 nitrogen and oxygen atoms in total. The van der Waals surface area contributed by atoms with Gasteiger partial charge in [0.25, 0.3) is 0 Å². The normalized spacial score (nSPS) is 29.7. The largest absolute Gasteiger partial charge is 0.352 e. The van der Waals surface area contributed by atoms with Gasteiger partial charge in [-0.3, -0.25) is 4.79 Å². The van der Waals surface area contributed by atoms with E-state index in [9.17, 15) is 4.79 Å². The second-order valence-corrected chi connectivity index (χ2v) is 3.90. The molecule has 3 rings (SSSR count). The van der Waals surface area contributed by atoms with Gasteiger partial charge in [0, 0.05) is 6.04 Å². The van der Waals surface area contributed by atoms with Crippen molar-refractivity contribution in [1.29, 1.82) is 0 Å². The van der Waals surface area contributed by atoms with Gasteiger partial charge in [0.05, 0.1) is 5.92 Å². The minimum absolute atomic E-state index is 0.134. The summed E-state index contributed by atoms with van der Waals surface area (Å²) in [4.78, 5) is 11.5. The Morgan fingerprint density at radius 3 is 3.08 bits per heavy atom. The van der Waals surface area contributed by atoms with Crippen molar-refractivity contribution in [2.75, 3.05) is 0 Å². The molecular weight excluding hydrogens is 162 g/mol. The van der Waals surface area contributed by atoms with E-state index in [0.717, 1.165) is 12.8 Å². The number of rotatable bonds is 0. The van der Waals surface area contributed by atoms with Crippen LogP contribution in [0.5, 0.6) is 0 Å². The maximum atomic E-state index is 11.5. The summed E-state index contributed by atoms with van der Waals surface area (Å²) in [7, 11) is 0. The fourth-order valence-corrected chi connectivity index (χ4v) is 2.48. The fraction of sp³-hybridized carbons (Fsp3) is 0.364. The third-order valence-electron chi connectivity index (χ3n) is 3.08. The minimum atomic E-state index is 0.134. The molecule has 13 heavy (non-hydrogen) atoms. The van der Waals surface area contributed by atoms with Gasteiger partial charge in [-0.1, -0.05) is 24.3 Å². The van der Waals surface area contributed by atoms with Crippen molar-refractivity contribution < 1.29 is 4.79 Å². The number of carbonyl (C=O) groups excluding carboxylic acids is 1. The molecule has 0 radical (unpaired) electrons. The van der Waals surface area contributed by atoms with E-state index in [4.69, 9.17) is 0 Å². The zero-order valence-electron chi connectivity index (χ0n) is 7.29. The summed E-state index contributed by atoms with van der Waals surface area (Å²) in [5.41, 5.74) is 2.59. The Morgan fingerprint density at radius 1 is 1.31 bits per heavy atom. The highest BCUT2D eigenvalue weighted by Gasteiger charge is 2.38. The number of amides is 1. The van der Waals surface area contributed by atoms with E-state index in [1.54, 1.807) is 0 Å². The molecule has 0 aromatic heterocycles. The molecular formula is C11H11NO. The lowest BCUT2D eigenvalue weighted by molar-refractivity contribution is -0.120. The first kappa shape index (κ1) is 7.13. The maximum Gasteiger partial charge on any atom is 0.227 e. The van der Waals surface area contributed by atoms with Crippen molar-refractivity contribution in [1.82, 2.24) is 5.32 Å². The van der Waals surface area contributed by atoms with Gasteiger partial charge in [-0.15, -0.1) is 0 Å². The van der Waals surface area contributed by atoms with Crippen LogP contribution in [0, 0.1) is 0 Å². The Morgan fingerprint density at radius 2 is 2.15 bits per heavy atom. The SMILES string of the molecule is O=C1NC2Cc3ccccc3C1C2. The van der Waals surface area contributed by atoms with Crippen molar-refractivity contribution in [3.8, 4) is 0 Å². The summed E-state index contributed by atoms with van der Waals surface area (Å²) in [6.45, 7) is 0. The monoisotopic (exact) mass is 173 g/mol. The van der Waals surface area contributed by atoms with Gasteiger partial charge in [-0.05, 0) is 24.0 Å². The zero-order valence-corrected chi connectivity index (χ0v) is 7.29. The van der Waals surface area contributed by atoms with Crippen LogP contribution in [0.2, 0.25) is 0 Å². The zero-order chi connectivity index (χ0) is 8.84. The molecule has 1 fully saturated rings. The molecule has 1 heterocycles. The number of nitrogens with one attached hydrogen (secondary N) is 1. The number of hydrogen-bond donors (Lipinski definition) is 1. The van der Waals surface area contributed by atoms with E-state index in [1.807, 2.05) is 12.1 Å². The molecule has 1 saturated heterocycles. The van der Waals surface area contributed by atoms with E-state index < -0.39 is 0 Å². The lowest BCUT2D eigenvalue weighted by Gasteiger charge is -2.19. The van der Waals surface area contributed by atoms with Crippen molar-refractivity contribution in [3.63, 3.8) is 0 Å². The van der Waals surface area contributed by atoms with E-state index in [0.29, 0.717) is 6.04 Å². The van der Waals surface area contributed by atoms with Crippen LogP contribution in [0.15, 0.2) is 24.3 Å². The van der Waals surface area contributed by atoms with Gasteiger partial charge in [0.15, 0.2) is 0 Å². The number of benzene rings is 1. The molecule has 2 bridgehead atoms. The van der Waals surface area contributed by atoms with Crippen molar-refractivity contribution in [2.45, 2.75) is 24.8 Å². The third kappa shape index (κ3) is 0.916. The quantitative estimate of drug-likeness (QED) is 0.628. The van der Waals surface area contributed by atoms with Crippen molar-refractivity contribution >= 4 is 5.91 Å². The topological polar surface area (TPSA) is 29.1 Å². The highest BCUT2D eigenvalue weighted by Crippen LogP contribution is 2.35. The second-order valence-electron chi connectivity index (χ2n) is 3.90. The van der Waals surface area contributed by atoms with Crippen LogP contribution < -0.4 is 5.32 Å². The van der Waals surface area contributed by atoms with Crippen LogP contribution in [0.4, 0.5) is 0 Å². The Balaban J connectivity index is 2.16. The summed E-state index contributed by atoms with van der Waals surface area (Å²) < 4.78 is 0. The number of carbonyl (C=O) groups is 1. The molecule has 0 spiro atoms. The standard InChI is InChI=1S/C11H11NO/c13-11-10-6-8(12-11)5-7-3-1-2-4-9(7)10/h1-4,8,10H,5-6H2,(H,12,13). The van der Waals surface area contributed by atoms with Crippen molar-refractivity contribution in [2.24, 2.45) is 0 Å². The Labute approximate surface area is 77.0 Å². The van der Waals surface area contributed by atoms with Crippen LogP contribution in [0.1, 0.15) is 23.5 Å². The molecule has 2 atom stereocenters. The van der Waals surface area contributed by atoms with E-state index in [1.165, 1.54) is 11.1 Å². The van der Waals surface area contributed by atoms with Gasteiger partial charge in [-0.2, -0.15) is 0 Å². The minimum Gasteiger partial charge on any atom is -0.352 e. The van der Waals surface area contributed by atoms with Crippen LogP contribution in [0.25, 0.3) is 0 Å². The highest BCUT2D eigenvalue weighted by atomic mass is 16.2. The molecule has 66 valence electrons. The molecule has 1 amide bonds. The average Bonchev–Trinajstić information content (AvgIpc) is 2.44. The number of fused-ring (bicyclic) bond motifs is 4. The molecule has 1 aromatic carbocycles. The first-order valence-corrected chi connectivity index (χ1v) is 4.73. The van der Waals surface area contributed by atoms with E-state index in [2.05, 4.69) is 17.4 Å². The van der Waals surface area contributed by atoms with E-state index >= 15 is 0 Å². The summed E-state index contributed by atoms with van der Waals surface area (Å²) in [5.74, 6) is 0.352. The van der Waals surface area contributed by atoms with Gasteiger partial charge < -0.3 is 5.32 Å². The number of hydrogen-bond acceptors (Lipinski definition) is 1. The van der Waals surface area contributed by atoms with Gasteiger partial charge in [0.1, 0.15) is 0 Å². The van der Waals surface area contributed by atoms with Crippen LogP contribution in [-0.2, 0) is 11.2 Å². The third-order valence-corrected chi connectivity index (χ3v) is 3.08. The second kappa shape index (κ2) is 2.34. The van der Waals surface area contributed by atoms with Crippen LogP contribution in [0.3, 0.4) is 0 Å². The predicted molar refractivity (Wildman–Crippen MR) is 49.4 cm³/mol. The Hall–Kier alpha value is -1.31. The molecule has 2 aliphatic rings. The lowest BCUT2D eigenvalue weighted by atomic mass is 9.83. The summed E-state index contributed by atoms with van der Waals surface area (Å²) >= 11 is 0. The molecule has 2 unspecified atom stereocenters. The predicted octanol–water partition coefficient (Wildman–Crippen LogP) is 1.21. The smallest absolute Gasteiger partial charge is 0.227 e. The first-order chi connectivity index (χ1) is 6.34. The molecule has 2 heteroatoms. The fourth-order valence-electron chi connectivity index (χ4n) is 2.48. The summed E-state index contributed by atoms with van der Waals surface area (Å²) in [5, 5.41) is 3.02. The van der Waals surface area contributed by atoms with Crippen molar-refractivity contribution in [3.05, 3.63) is 35.4 Å². The van der Waals surface area contributed by atoms with Crippen LogP contribution >= 0.6 is 0 Å². The van der Waals surface area contributed by atoms with Crippen LogP contribution in [-0.4, -0.2) is 11.9 Å². The first-order valence-electron chi connectivity index (χ1n) is 4.73. The molecule has 1 aliphatic heterocycles. The molecule has 1 aromatic rings. The summed E-state index contributed by atoms with van der Waals surface area (Å²) in [6, 6.07) is 8.68. The van der Waals surface area contributed by atoms with E-state index in [-0.39, 0.29) is 11.8 Å². The van der Waals surface area contributed by atoms with Gasteiger partial charge >= 0.3 is 0 Å². The highest BCUT2D eigenvalue weighted by molar-refractivity contribution is 5.87. The Kier molecular flexibility index (Phi) is 1.29. The molecule has 1 aliphatic carbocycles. The van der Waals surface area contributed by atoms with Gasteiger partial charge in [0.2, 0.25) is 5.91 Å². The Bertz CT molecular complexity index is 372.